The van der Waals surface area contributed by atoms with Crippen molar-refractivity contribution in [3.05, 3.63) is 65.7 Å². The van der Waals surface area contributed by atoms with Crippen LogP contribution in [0.4, 0.5) is 0 Å². The van der Waals surface area contributed by atoms with Crippen molar-refractivity contribution < 1.29 is 14.3 Å². The average Bonchev–Trinajstić information content (AvgIpc) is 3.46. The van der Waals surface area contributed by atoms with E-state index >= 15 is 0 Å². The molecule has 2 aromatic heterocycles. The number of ether oxygens (including phenoxy) is 1. The van der Waals surface area contributed by atoms with Gasteiger partial charge in [-0.1, -0.05) is 12.1 Å². The van der Waals surface area contributed by atoms with Gasteiger partial charge in [0.05, 0.1) is 29.6 Å². The maximum absolute atomic E-state index is 13.5. The van der Waals surface area contributed by atoms with Crippen LogP contribution in [0.25, 0.3) is 11.4 Å². The molecule has 0 atom stereocenters. The Morgan fingerprint density at radius 2 is 1.72 bits per heavy atom. The van der Waals surface area contributed by atoms with Crippen LogP contribution < -0.4 is 4.74 Å². The topological polar surface area (TPSA) is 131 Å². The highest BCUT2D eigenvalue weighted by molar-refractivity contribution is 6.68. The van der Waals surface area contributed by atoms with E-state index in [1.165, 1.54) is 41.3 Å². The Bertz CT molecular complexity index is 1190. The highest BCUT2D eigenvalue weighted by atomic mass is 35.5. The number of carbonyl (C=O) groups is 2. The monoisotopic (exact) mass is 410 g/mol. The van der Waals surface area contributed by atoms with Crippen molar-refractivity contribution in [2.75, 3.05) is 7.11 Å². The third-order valence-corrected chi connectivity index (χ3v) is 4.30. The summed E-state index contributed by atoms with van der Waals surface area (Å²) in [5.41, 5.74) is 1.14. The lowest BCUT2D eigenvalue weighted by Gasteiger charge is -2.15. The number of tetrazole rings is 2. The van der Waals surface area contributed by atoms with Crippen molar-refractivity contribution in [2.24, 2.45) is 0 Å². The summed E-state index contributed by atoms with van der Waals surface area (Å²) >= 11 is 5.74. The Labute approximate surface area is 167 Å². The van der Waals surface area contributed by atoms with Gasteiger partial charge in [0.15, 0.2) is 5.78 Å². The van der Waals surface area contributed by atoms with Gasteiger partial charge in [0.1, 0.15) is 18.4 Å². The molecule has 0 saturated heterocycles. The van der Waals surface area contributed by atoms with Crippen molar-refractivity contribution in [1.82, 2.24) is 40.4 Å². The average molecular weight is 411 g/mol. The normalized spacial score (nSPS) is 10.7. The van der Waals surface area contributed by atoms with Crippen LogP contribution in [0, 0.1) is 0 Å². The van der Waals surface area contributed by atoms with Crippen molar-refractivity contribution in [3.8, 4) is 17.1 Å². The first kappa shape index (κ1) is 18.4. The summed E-state index contributed by atoms with van der Waals surface area (Å²) in [5.74, 6) is -0.197. The van der Waals surface area contributed by atoms with Gasteiger partial charge in [-0.2, -0.15) is 4.68 Å². The molecule has 0 spiro atoms. The van der Waals surface area contributed by atoms with E-state index in [0.717, 1.165) is 0 Å². The van der Waals surface area contributed by atoms with Gasteiger partial charge in [0.2, 0.25) is 0 Å². The minimum atomic E-state index is -0.769. The maximum atomic E-state index is 13.5. The van der Waals surface area contributed by atoms with Gasteiger partial charge in [-0.25, -0.2) is 4.68 Å². The Balaban J connectivity index is 1.92. The molecule has 0 aliphatic rings. The highest BCUT2D eigenvalue weighted by Gasteiger charge is 2.26. The third kappa shape index (κ3) is 3.34. The largest absolute Gasteiger partial charge is 0.496 e. The van der Waals surface area contributed by atoms with Gasteiger partial charge in [0, 0.05) is 5.56 Å². The maximum Gasteiger partial charge on any atom is 0.254 e. The number of hydrogen-bond acceptors (Lipinski definition) is 9. The second kappa shape index (κ2) is 7.56. The summed E-state index contributed by atoms with van der Waals surface area (Å²) in [6, 6.07) is 9.58. The van der Waals surface area contributed by atoms with Gasteiger partial charge in [0.25, 0.3) is 5.24 Å². The number of methoxy groups -OCH3 is 1. The summed E-state index contributed by atoms with van der Waals surface area (Å²) in [4.78, 5) is 25.4. The Morgan fingerprint density at radius 1 is 1.00 bits per heavy atom. The molecule has 4 aromatic rings. The molecule has 0 N–H and O–H groups in total. The summed E-state index contributed by atoms with van der Waals surface area (Å²) in [6.45, 7) is 0. The second-order valence-electron chi connectivity index (χ2n) is 5.70. The predicted octanol–water partition coefficient (Wildman–Crippen LogP) is 1.26. The fourth-order valence-electron chi connectivity index (χ4n) is 2.84. The Kier molecular flexibility index (Phi) is 4.79. The number of benzene rings is 2. The lowest BCUT2D eigenvalue weighted by atomic mass is 9.97. The van der Waals surface area contributed by atoms with Crippen molar-refractivity contribution in [3.63, 3.8) is 0 Å². The van der Waals surface area contributed by atoms with E-state index in [1.54, 1.807) is 24.3 Å². The van der Waals surface area contributed by atoms with Gasteiger partial charge in [-0.3, -0.25) is 9.59 Å². The molecule has 0 amide bonds. The number of aromatic nitrogens is 8. The molecule has 0 aliphatic heterocycles. The lowest BCUT2D eigenvalue weighted by molar-refractivity contribution is 0.103. The van der Waals surface area contributed by atoms with Crippen molar-refractivity contribution in [1.29, 1.82) is 0 Å². The molecule has 0 fully saturated rings. The summed E-state index contributed by atoms with van der Waals surface area (Å²) in [7, 11) is 1.41. The molecule has 0 aliphatic carbocycles. The quantitative estimate of drug-likeness (QED) is 0.340. The number of ketones is 1. The first-order valence-electron chi connectivity index (χ1n) is 8.12. The van der Waals surface area contributed by atoms with Gasteiger partial charge < -0.3 is 4.74 Å². The summed E-state index contributed by atoms with van der Waals surface area (Å²) in [6.07, 6.45) is 2.66. The first-order chi connectivity index (χ1) is 14.1. The van der Waals surface area contributed by atoms with E-state index in [-0.39, 0.29) is 22.6 Å². The van der Waals surface area contributed by atoms with Crippen LogP contribution in [0.5, 0.6) is 5.75 Å². The smallest absolute Gasteiger partial charge is 0.254 e. The number of carbonyl (C=O) groups excluding carboxylic acids is 2. The standard InChI is InChI=1S/C17H11ClN8O3/c1-29-13-6-5-12(17(18)28)15(26-9-20-22-24-26)14(13)16(27)10-3-2-4-11(7-10)25-8-19-21-23-25/h2-9H,1H3. The fraction of sp³-hybridized carbons (Fsp3) is 0.0588. The van der Waals surface area contributed by atoms with Gasteiger partial charge >= 0.3 is 0 Å². The lowest BCUT2D eigenvalue weighted by Crippen LogP contribution is -2.14. The molecular formula is C17H11ClN8O3. The molecule has 4 rings (SSSR count). The Morgan fingerprint density at radius 3 is 2.34 bits per heavy atom. The van der Waals surface area contributed by atoms with Gasteiger partial charge in [-0.05, 0) is 56.7 Å². The molecular weight excluding hydrogens is 400 g/mol. The van der Waals surface area contributed by atoms with E-state index in [0.29, 0.717) is 11.3 Å². The number of halogens is 1. The molecule has 12 heteroatoms. The zero-order chi connectivity index (χ0) is 20.4. The molecule has 0 unspecified atom stereocenters. The van der Waals surface area contributed by atoms with Crippen LogP contribution in [0.3, 0.4) is 0 Å². The third-order valence-electron chi connectivity index (χ3n) is 4.10. The molecule has 2 heterocycles. The molecule has 144 valence electrons. The molecule has 2 aromatic carbocycles. The molecule has 0 radical (unpaired) electrons. The van der Waals surface area contributed by atoms with Crippen LogP contribution in [0.1, 0.15) is 26.3 Å². The van der Waals surface area contributed by atoms with Crippen LogP contribution in [-0.4, -0.2) is 58.5 Å². The number of rotatable bonds is 6. The predicted molar refractivity (Wildman–Crippen MR) is 98.5 cm³/mol. The molecule has 0 saturated carbocycles. The molecule has 29 heavy (non-hydrogen) atoms. The van der Waals surface area contributed by atoms with Crippen LogP contribution in [-0.2, 0) is 0 Å². The zero-order valence-corrected chi connectivity index (χ0v) is 15.6. The highest BCUT2D eigenvalue weighted by Crippen LogP contribution is 2.32. The fourth-order valence-corrected chi connectivity index (χ4v) is 2.99. The number of hydrogen-bond donors (Lipinski definition) is 0. The summed E-state index contributed by atoms with van der Waals surface area (Å²) < 4.78 is 7.97. The van der Waals surface area contributed by atoms with E-state index in [4.69, 9.17) is 16.3 Å². The van der Waals surface area contributed by atoms with Crippen LogP contribution in [0.2, 0.25) is 0 Å². The van der Waals surface area contributed by atoms with Gasteiger partial charge in [-0.15, -0.1) is 10.2 Å². The second-order valence-corrected chi connectivity index (χ2v) is 6.04. The molecule has 0 bridgehead atoms. The number of nitrogens with zero attached hydrogens (tertiary/aromatic N) is 8. The van der Waals surface area contributed by atoms with E-state index in [2.05, 4.69) is 31.1 Å². The SMILES string of the molecule is COc1ccc(C(=O)Cl)c(-n2cnnn2)c1C(=O)c1cccc(-n2cnnn2)c1. The van der Waals surface area contributed by atoms with E-state index < -0.39 is 11.0 Å². The zero-order valence-electron chi connectivity index (χ0n) is 14.8. The first-order valence-corrected chi connectivity index (χ1v) is 8.50. The van der Waals surface area contributed by atoms with E-state index in [1.807, 2.05) is 0 Å². The summed E-state index contributed by atoms with van der Waals surface area (Å²) in [5, 5.41) is 21.2. The Hall–Kier alpha value is -3.99. The minimum absolute atomic E-state index is 0.0553. The minimum Gasteiger partial charge on any atom is -0.496 e. The van der Waals surface area contributed by atoms with Crippen LogP contribution in [0.15, 0.2) is 49.1 Å². The van der Waals surface area contributed by atoms with Crippen molar-refractivity contribution in [2.45, 2.75) is 0 Å². The van der Waals surface area contributed by atoms with Crippen molar-refractivity contribution >= 4 is 22.6 Å². The van der Waals surface area contributed by atoms with Crippen LogP contribution >= 0.6 is 11.6 Å². The molecule has 11 nitrogen and oxygen atoms in total. The van der Waals surface area contributed by atoms with E-state index in [9.17, 15) is 9.59 Å².